The Labute approximate surface area is 206 Å². The molecule has 0 spiro atoms. The summed E-state index contributed by atoms with van der Waals surface area (Å²) >= 11 is 0. The lowest BCUT2D eigenvalue weighted by Gasteiger charge is -2.59. The van der Waals surface area contributed by atoms with Gasteiger partial charge in [-0.1, -0.05) is 19.0 Å². The predicted octanol–water partition coefficient (Wildman–Crippen LogP) is 4.17. The zero-order chi connectivity index (χ0) is 24.3. The fourth-order valence-electron chi connectivity index (χ4n) is 8.08. The standard InChI is InChI=1S/C27H47N5O2/c1-26-12-10-21(31-34-15-5-4-14-32(30-3)18-20(29)17-28)16-19(26)6-7-22-23-8-9-25(33)27(23,2)13-11-24(22)26/h19,22-24,29-30H,4-18,28H2,1-3H3. The van der Waals surface area contributed by atoms with Gasteiger partial charge in [-0.15, -0.1) is 0 Å². The van der Waals surface area contributed by atoms with E-state index in [1.165, 1.54) is 31.4 Å². The number of rotatable bonds is 10. The van der Waals surface area contributed by atoms with Gasteiger partial charge in [0, 0.05) is 30.6 Å². The summed E-state index contributed by atoms with van der Waals surface area (Å²) in [6.45, 7) is 7.23. The Bertz CT molecular complexity index is 785. The van der Waals surface area contributed by atoms with Gasteiger partial charge < -0.3 is 16.0 Å². The molecule has 192 valence electrons. The lowest BCUT2D eigenvalue weighted by Crippen LogP contribution is -2.53. The number of unbranched alkanes of at least 4 members (excludes halogenated alkanes) is 1. The summed E-state index contributed by atoms with van der Waals surface area (Å²) < 4.78 is 0. The van der Waals surface area contributed by atoms with Crippen molar-refractivity contribution in [2.45, 2.75) is 84.5 Å². The summed E-state index contributed by atoms with van der Waals surface area (Å²) in [5.41, 5.74) is 10.8. The number of nitrogens with zero attached hydrogens (tertiary/aromatic N) is 2. The van der Waals surface area contributed by atoms with E-state index in [2.05, 4.69) is 24.4 Å². The van der Waals surface area contributed by atoms with E-state index in [0.29, 0.717) is 48.4 Å². The van der Waals surface area contributed by atoms with Crippen molar-refractivity contribution in [1.29, 1.82) is 5.41 Å². The van der Waals surface area contributed by atoms with Crippen LogP contribution in [0.5, 0.6) is 0 Å². The summed E-state index contributed by atoms with van der Waals surface area (Å²) in [7, 11) is 1.88. The number of hydrazine groups is 1. The van der Waals surface area contributed by atoms with Crippen LogP contribution in [0.3, 0.4) is 0 Å². The number of nitrogens with two attached hydrogens (primary N) is 1. The predicted molar refractivity (Wildman–Crippen MR) is 137 cm³/mol. The zero-order valence-electron chi connectivity index (χ0n) is 21.7. The molecule has 0 bridgehead atoms. The summed E-state index contributed by atoms with van der Waals surface area (Å²) in [4.78, 5) is 18.4. The molecular weight excluding hydrogens is 426 g/mol. The number of hydrogen-bond acceptors (Lipinski definition) is 7. The number of ketones is 1. The van der Waals surface area contributed by atoms with Crippen LogP contribution in [0, 0.1) is 39.9 Å². The van der Waals surface area contributed by atoms with Crippen molar-refractivity contribution in [2.75, 3.05) is 33.3 Å². The van der Waals surface area contributed by atoms with Crippen LogP contribution in [0.4, 0.5) is 0 Å². The Hall–Kier alpha value is -1.31. The summed E-state index contributed by atoms with van der Waals surface area (Å²) in [6.07, 6.45) is 12.2. The molecular formula is C27H47N5O2. The lowest BCUT2D eigenvalue weighted by atomic mass is 9.45. The largest absolute Gasteiger partial charge is 0.396 e. The van der Waals surface area contributed by atoms with E-state index in [-0.39, 0.29) is 5.41 Å². The van der Waals surface area contributed by atoms with Crippen LogP contribution < -0.4 is 11.2 Å². The fraction of sp³-hybridized carbons (Fsp3) is 0.889. The van der Waals surface area contributed by atoms with Crippen molar-refractivity contribution >= 4 is 17.2 Å². The second-order valence-electron chi connectivity index (χ2n) is 11.9. The maximum atomic E-state index is 12.6. The molecule has 6 atom stereocenters. The van der Waals surface area contributed by atoms with Gasteiger partial charge in [-0.25, -0.2) is 5.01 Å². The minimum atomic E-state index is -0.0180. The number of carbonyl (C=O) groups excluding carboxylic acids is 1. The molecule has 0 radical (unpaired) electrons. The van der Waals surface area contributed by atoms with Gasteiger partial charge in [0.25, 0.3) is 0 Å². The number of oxime groups is 1. The molecule has 0 aromatic carbocycles. The highest BCUT2D eigenvalue weighted by atomic mass is 16.6. The third kappa shape index (κ3) is 4.98. The highest BCUT2D eigenvalue weighted by molar-refractivity contribution is 5.87. The molecule has 0 aromatic rings. The minimum absolute atomic E-state index is 0.0180. The minimum Gasteiger partial charge on any atom is -0.396 e. The molecule has 0 heterocycles. The van der Waals surface area contributed by atoms with Crippen molar-refractivity contribution in [3.8, 4) is 0 Å². The van der Waals surface area contributed by atoms with E-state index in [0.717, 1.165) is 63.3 Å². The average Bonchev–Trinajstić information content (AvgIpc) is 3.14. The van der Waals surface area contributed by atoms with E-state index >= 15 is 0 Å². The van der Waals surface area contributed by atoms with E-state index < -0.39 is 0 Å². The Morgan fingerprint density at radius 3 is 2.76 bits per heavy atom. The molecule has 6 unspecified atom stereocenters. The van der Waals surface area contributed by atoms with Gasteiger partial charge in [-0.2, -0.15) is 0 Å². The summed E-state index contributed by atoms with van der Waals surface area (Å²) in [5.74, 6) is 3.44. The van der Waals surface area contributed by atoms with Crippen LogP contribution in [0.15, 0.2) is 5.16 Å². The van der Waals surface area contributed by atoms with Crippen LogP contribution in [-0.4, -0.2) is 55.5 Å². The molecule has 0 aromatic heterocycles. The Balaban J connectivity index is 1.23. The van der Waals surface area contributed by atoms with E-state index in [9.17, 15) is 4.79 Å². The third-order valence-electron chi connectivity index (χ3n) is 10.3. The molecule has 4 aliphatic rings. The van der Waals surface area contributed by atoms with Crippen molar-refractivity contribution in [1.82, 2.24) is 10.4 Å². The van der Waals surface area contributed by atoms with Gasteiger partial charge in [0.1, 0.15) is 12.4 Å². The van der Waals surface area contributed by atoms with Crippen molar-refractivity contribution in [3.05, 3.63) is 0 Å². The first-order valence-corrected chi connectivity index (χ1v) is 13.7. The number of Topliss-reactive ketones (excluding diaryl/α,β-unsaturated/α-hetero) is 1. The lowest BCUT2D eigenvalue weighted by molar-refractivity contribution is -0.137. The van der Waals surface area contributed by atoms with Gasteiger partial charge in [0.15, 0.2) is 0 Å². The van der Waals surface area contributed by atoms with Crippen LogP contribution in [0.1, 0.15) is 84.5 Å². The van der Waals surface area contributed by atoms with Gasteiger partial charge >= 0.3 is 0 Å². The quantitative estimate of drug-likeness (QED) is 0.251. The van der Waals surface area contributed by atoms with Crippen LogP contribution in [0.2, 0.25) is 0 Å². The SMILES string of the molecule is CNN(CCCCON=C1CCC2(C)C(CCC3C4CCC(=O)C4(C)CCC32)C1)CC(=N)CN. The second kappa shape index (κ2) is 10.8. The zero-order valence-corrected chi connectivity index (χ0v) is 21.7. The monoisotopic (exact) mass is 473 g/mol. The molecule has 7 heteroatoms. The van der Waals surface area contributed by atoms with Crippen molar-refractivity contribution in [3.63, 3.8) is 0 Å². The third-order valence-corrected chi connectivity index (χ3v) is 10.3. The fourth-order valence-corrected chi connectivity index (χ4v) is 8.08. The van der Waals surface area contributed by atoms with Crippen LogP contribution >= 0.6 is 0 Å². The summed E-state index contributed by atoms with van der Waals surface area (Å²) in [6, 6.07) is 0. The molecule has 4 rings (SSSR count). The first kappa shape index (κ1) is 25.8. The van der Waals surface area contributed by atoms with Gasteiger partial charge in [0.05, 0.1) is 12.3 Å². The number of hydrogen-bond donors (Lipinski definition) is 3. The van der Waals surface area contributed by atoms with Crippen molar-refractivity contribution in [2.24, 2.45) is 45.4 Å². The molecule has 34 heavy (non-hydrogen) atoms. The second-order valence-corrected chi connectivity index (χ2v) is 11.9. The molecule has 7 nitrogen and oxygen atoms in total. The number of nitrogens with one attached hydrogen (secondary N) is 2. The Morgan fingerprint density at radius 2 is 2.00 bits per heavy atom. The van der Waals surface area contributed by atoms with Crippen molar-refractivity contribution < 1.29 is 9.63 Å². The molecule has 4 fully saturated rings. The molecule has 0 saturated heterocycles. The topological polar surface area (TPSA) is 104 Å². The smallest absolute Gasteiger partial charge is 0.139 e. The highest BCUT2D eigenvalue weighted by Gasteiger charge is 2.60. The Morgan fingerprint density at radius 1 is 1.18 bits per heavy atom. The van der Waals surface area contributed by atoms with Gasteiger partial charge in [-0.05, 0) is 100 Å². The normalized spacial score (nSPS) is 38.5. The van der Waals surface area contributed by atoms with E-state index in [4.69, 9.17) is 16.0 Å². The van der Waals surface area contributed by atoms with E-state index in [1.54, 1.807) is 0 Å². The highest BCUT2D eigenvalue weighted by Crippen LogP contribution is 2.65. The summed E-state index contributed by atoms with van der Waals surface area (Å²) in [5, 5.41) is 14.3. The number of carbonyl (C=O) groups is 1. The van der Waals surface area contributed by atoms with Crippen LogP contribution in [-0.2, 0) is 9.63 Å². The van der Waals surface area contributed by atoms with Gasteiger partial charge in [-0.3, -0.25) is 10.2 Å². The molecule has 4 saturated carbocycles. The first-order valence-electron chi connectivity index (χ1n) is 13.7. The molecule has 0 aliphatic heterocycles. The molecule has 4 N–H and O–H groups in total. The molecule has 0 amide bonds. The van der Waals surface area contributed by atoms with E-state index in [1.807, 2.05) is 12.1 Å². The Kier molecular flexibility index (Phi) is 8.15. The maximum Gasteiger partial charge on any atom is 0.139 e. The van der Waals surface area contributed by atoms with Gasteiger partial charge in [0.2, 0.25) is 0 Å². The first-order chi connectivity index (χ1) is 16.3. The maximum absolute atomic E-state index is 12.6. The average molecular weight is 474 g/mol. The number of fused-ring (bicyclic) bond motifs is 5. The van der Waals surface area contributed by atoms with Crippen LogP contribution in [0.25, 0.3) is 0 Å². The molecule has 4 aliphatic carbocycles.